The molecule has 0 bridgehead atoms. The summed E-state index contributed by atoms with van der Waals surface area (Å²) < 4.78 is 0. The van der Waals surface area contributed by atoms with Crippen LogP contribution in [-0.4, -0.2) is 33.7 Å². The summed E-state index contributed by atoms with van der Waals surface area (Å²) in [6.45, 7) is 3.02. The fraction of sp³-hybridized carbons (Fsp3) is 0.400. The van der Waals surface area contributed by atoms with Crippen molar-refractivity contribution < 1.29 is 4.79 Å². The van der Waals surface area contributed by atoms with Gasteiger partial charge in [0.25, 0.3) is 0 Å². The van der Waals surface area contributed by atoms with Crippen molar-refractivity contribution in [1.29, 1.82) is 0 Å². The molecule has 1 fully saturated rings. The Labute approximate surface area is 123 Å². The van der Waals surface area contributed by atoms with Crippen molar-refractivity contribution in [2.45, 2.75) is 25.8 Å². The second-order valence-corrected chi connectivity index (χ2v) is 5.48. The molecule has 1 saturated heterocycles. The lowest BCUT2D eigenvalue weighted by Crippen LogP contribution is -2.40. The second-order valence-electron chi connectivity index (χ2n) is 5.48. The largest absolute Gasteiger partial charge is 0.326 e. The quantitative estimate of drug-likeness (QED) is 0.803. The number of hydrogen-bond donors (Lipinski definition) is 3. The van der Waals surface area contributed by atoms with Crippen LogP contribution in [0, 0.1) is 5.92 Å². The minimum absolute atomic E-state index is 0.0928. The normalized spacial score (nSPS) is 22.0. The van der Waals surface area contributed by atoms with Crippen molar-refractivity contribution >= 4 is 11.6 Å². The van der Waals surface area contributed by atoms with E-state index in [1.165, 1.54) is 6.33 Å². The van der Waals surface area contributed by atoms with E-state index in [9.17, 15) is 4.79 Å². The monoisotopic (exact) mass is 285 g/mol. The maximum absolute atomic E-state index is 12.3. The average Bonchev–Trinajstić information content (AvgIpc) is 3.02. The number of nitrogens with zero attached hydrogens (tertiary/aromatic N) is 2. The number of H-pyrrole nitrogens is 1. The Balaban J connectivity index is 1.63. The summed E-state index contributed by atoms with van der Waals surface area (Å²) in [4.78, 5) is 16.4. The van der Waals surface area contributed by atoms with Crippen molar-refractivity contribution in [1.82, 2.24) is 20.5 Å². The number of hydrogen-bond acceptors (Lipinski definition) is 4. The average molecular weight is 285 g/mol. The molecule has 0 saturated carbocycles. The molecule has 0 radical (unpaired) electrons. The molecule has 1 aromatic heterocycles. The number of rotatable bonds is 3. The number of carbonyl (C=O) groups excluding carboxylic acids is 1. The van der Waals surface area contributed by atoms with E-state index in [0.29, 0.717) is 6.04 Å². The van der Waals surface area contributed by atoms with E-state index in [2.05, 4.69) is 32.7 Å². The number of anilines is 1. The zero-order valence-corrected chi connectivity index (χ0v) is 12.0. The number of amides is 1. The molecule has 0 spiro atoms. The van der Waals surface area contributed by atoms with E-state index in [1.54, 1.807) is 0 Å². The van der Waals surface area contributed by atoms with Gasteiger partial charge in [-0.3, -0.25) is 9.89 Å². The maximum Gasteiger partial charge on any atom is 0.227 e. The molecule has 2 aromatic rings. The predicted octanol–water partition coefficient (Wildman–Crippen LogP) is 1.80. The number of nitrogens with one attached hydrogen (secondary N) is 3. The summed E-state index contributed by atoms with van der Waals surface area (Å²) in [6.07, 6.45) is 3.26. The van der Waals surface area contributed by atoms with E-state index in [0.717, 1.165) is 36.5 Å². The lowest BCUT2D eigenvalue weighted by atomic mass is 9.92. The van der Waals surface area contributed by atoms with E-state index < -0.39 is 0 Å². The van der Waals surface area contributed by atoms with Gasteiger partial charge in [-0.1, -0.05) is 0 Å². The molecule has 21 heavy (non-hydrogen) atoms. The Kier molecular flexibility index (Phi) is 3.96. The number of carbonyl (C=O) groups is 1. The summed E-state index contributed by atoms with van der Waals surface area (Å²) in [5, 5.41) is 13.0. The highest BCUT2D eigenvalue weighted by atomic mass is 16.1. The summed E-state index contributed by atoms with van der Waals surface area (Å²) in [5.74, 6) is 0.922. The first-order chi connectivity index (χ1) is 10.2. The Morgan fingerprint density at radius 1 is 1.33 bits per heavy atom. The smallest absolute Gasteiger partial charge is 0.227 e. The molecule has 2 heterocycles. The van der Waals surface area contributed by atoms with E-state index >= 15 is 0 Å². The SMILES string of the molecule is C[C@H]1C[C@@H](C(=O)Nc2ccc(-c3ncn[nH]3)cc2)CCN1. The number of benzene rings is 1. The van der Waals surface area contributed by atoms with Gasteiger partial charge in [0.15, 0.2) is 5.82 Å². The predicted molar refractivity (Wildman–Crippen MR) is 80.6 cm³/mol. The van der Waals surface area contributed by atoms with Crippen LogP contribution in [0.4, 0.5) is 5.69 Å². The summed E-state index contributed by atoms with van der Waals surface area (Å²) in [5.41, 5.74) is 1.76. The van der Waals surface area contributed by atoms with Gasteiger partial charge in [-0.05, 0) is 50.6 Å². The molecule has 1 aliphatic heterocycles. The van der Waals surface area contributed by atoms with Crippen LogP contribution in [0.15, 0.2) is 30.6 Å². The topological polar surface area (TPSA) is 82.7 Å². The van der Waals surface area contributed by atoms with E-state index in [4.69, 9.17) is 0 Å². The fourth-order valence-electron chi connectivity index (χ4n) is 2.67. The van der Waals surface area contributed by atoms with Crippen LogP contribution >= 0.6 is 0 Å². The summed E-state index contributed by atoms with van der Waals surface area (Å²) in [7, 11) is 0. The Morgan fingerprint density at radius 2 is 2.14 bits per heavy atom. The Hall–Kier alpha value is -2.21. The van der Waals surface area contributed by atoms with Crippen LogP contribution in [0.5, 0.6) is 0 Å². The molecular formula is C15H19N5O. The van der Waals surface area contributed by atoms with Crippen molar-refractivity contribution in [3.63, 3.8) is 0 Å². The molecule has 6 heteroatoms. The highest BCUT2D eigenvalue weighted by Gasteiger charge is 2.24. The van der Waals surface area contributed by atoms with Crippen molar-refractivity contribution in [3.05, 3.63) is 30.6 Å². The highest BCUT2D eigenvalue weighted by molar-refractivity contribution is 5.92. The van der Waals surface area contributed by atoms with Gasteiger partial charge in [0.1, 0.15) is 6.33 Å². The van der Waals surface area contributed by atoms with Gasteiger partial charge < -0.3 is 10.6 Å². The number of aromatic amines is 1. The standard InChI is InChI=1S/C15H19N5O/c1-10-8-12(6-7-16-10)15(21)19-13-4-2-11(3-5-13)14-17-9-18-20-14/h2-5,9-10,12,16H,6-8H2,1H3,(H,19,21)(H,17,18,20)/t10-,12-/m0/s1. The minimum atomic E-state index is 0.0928. The lowest BCUT2D eigenvalue weighted by Gasteiger charge is -2.27. The molecule has 3 rings (SSSR count). The van der Waals surface area contributed by atoms with Crippen LogP contribution in [-0.2, 0) is 4.79 Å². The third-order valence-electron chi connectivity index (χ3n) is 3.84. The van der Waals surface area contributed by atoms with Gasteiger partial charge >= 0.3 is 0 Å². The summed E-state index contributed by atoms with van der Waals surface area (Å²) in [6, 6.07) is 8.02. The zero-order valence-electron chi connectivity index (χ0n) is 12.0. The minimum Gasteiger partial charge on any atom is -0.326 e. The third-order valence-corrected chi connectivity index (χ3v) is 3.84. The molecule has 0 unspecified atom stereocenters. The van der Waals surface area contributed by atoms with Crippen LogP contribution in [0.3, 0.4) is 0 Å². The fourth-order valence-corrected chi connectivity index (χ4v) is 2.67. The first kappa shape index (κ1) is 13.8. The van der Waals surface area contributed by atoms with E-state index in [1.807, 2.05) is 24.3 Å². The molecule has 110 valence electrons. The molecule has 6 nitrogen and oxygen atoms in total. The van der Waals surface area contributed by atoms with Crippen LogP contribution in [0.1, 0.15) is 19.8 Å². The van der Waals surface area contributed by atoms with Gasteiger partial charge in [0.2, 0.25) is 5.91 Å². The second kappa shape index (κ2) is 6.05. The molecule has 1 aromatic carbocycles. The van der Waals surface area contributed by atoms with Gasteiger partial charge in [0.05, 0.1) is 0 Å². The Morgan fingerprint density at radius 3 is 2.81 bits per heavy atom. The van der Waals surface area contributed by atoms with Crippen molar-refractivity contribution in [3.8, 4) is 11.4 Å². The van der Waals surface area contributed by atoms with Gasteiger partial charge in [0, 0.05) is 23.2 Å². The van der Waals surface area contributed by atoms with Crippen LogP contribution in [0.2, 0.25) is 0 Å². The molecule has 3 N–H and O–H groups in total. The summed E-state index contributed by atoms with van der Waals surface area (Å²) >= 11 is 0. The van der Waals surface area contributed by atoms with Crippen molar-refractivity contribution in [2.24, 2.45) is 5.92 Å². The van der Waals surface area contributed by atoms with Crippen LogP contribution in [0.25, 0.3) is 11.4 Å². The van der Waals surface area contributed by atoms with E-state index in [-0.39, 0.29) is 11.8 Å². The molecule has 2 atom stereocenters. The number of piperidine rings is 1. The van der Waals surface area contributed by atoms with Gasteiger partial charge in [-0.2, -0.15) is 5.10 Å². The molecular weight excluding hydrogens is 266 g/mol. The maximum atomic E-state index is 12.3. The van der Waals surface area contributed by atoms with Crippen LogP contribution < -0.4 is 10.6 Å². The van der Waals surface area contributed by atoms with Crippen molar-refractivity contribution in [2.75, 3.05) is 11.9 Å². The zero-order chi connectivity index (χ0) is 14.7. The molecule has 1 aliphatic rings. The molecule has 1 amide bonds. The lowest BCUT2D eigenvalue weighted by molar-refractivity contribution is -0.120. The molecule has 0 aliphatic carbocycles. The van der Waals surface area contributed by atoms with Gasteiger partial charge in [-0.15, -0.1) is 0 Å². The number of aromatic nitrogens is 3. The first-order valence-electron chi connectivity index (χ1n) is 7.22. The van der Waals surface area contributed by atoms with Gasteiger partial charge in [-0.25, -0.2) is 4.98 Å². The third kappa shape index (κ3) is 3.28. The Bertz CT molecular complexity index is 593. The highest BCUT2D eigenvalue weighted by Crippen LogP contribution is 2.20. The first-order valence-corrected chi connectivity index (χ1v) is 7.22.